The van der Waals surface area contributed by atoms with E-state index in [1.165, 1.54) is 0 Å². The van der Waals surface area contributed by atoms with Gasteiger partial charge in [0.25, 0.3) is 0 Å². The van der Waals surface area contributed by atoms with Crippen molar-refractivity contribution in [3.8, 4) is 0 Å². The molecule has 2 N–H and O–H groups in total. The van der Waals surface area contributed by atoms with Crippen LogP contribution in [-0.4, -0.2) is 27.6 Å². The lowest BCUT2D eigenvalue weighted by Gasteiger charge is -2.18. The molecule has 0 saturated carbocycles. The first kappa shape index (κ1) is 14.0. The van der Waals surface area contributed by atoms with E-state index in [1.54, 1.807) is 11.8 Å². The number of nitrogens with zero attached hydrogens (tertiary/aromatic N) is 2. The van der Waals surface area contributed by atoms with Crippen molar-refractivity contribution in [2.45, 2.75) is 23.6 Å². The van der Waals surface area contributed by atoms with Crippen LogP contribution in [0.3, 0.4) is 0 Å². The second-order valence-electron chi connectivity index (χ2n) is 4.75. The molecule has 5 nitrogen and oxygen atoms in total. The van der Waals surface area contributed by atoms with Gasteiger partial charge in [-0.05, 0) is 12.1 Å². The van der Waals surface area contributed by atoms with E-state index in [1.807, 2.05) is 30.3 Å². The Morgan fingerprint density at radius 3 is 2.86 bits per heavy atom. The van der Waals surface area contributed by atoms with Crippen LogP contribution in [-0.2, 0) is 18.7 Å². The molecule has 0 atom stereocenters. The molecule has 0 saturated heterocycles. The van der Waals surface area contributed by atoms with Crippen LogP contribution >= 0.6 is 11.8 Å². The Bertz CT molecular complexity index is 661. The average Bonchev–Trinajstić information content (AvgIpc) is 2.53. The van der Waals surface area contributed by atoms with Gasteiger partial charge in [0.05, 0.1) is 11.4 Å². The second-order valence-corrected chi connectivity index (χ2v) is 5.80. The third-order valence-corrected chi connectivity index (χ3v) is 4.30. The monoisotopic (exact) mass is 301 g/mol. The van der Waals surface area contributed by atoms with Crippen LogP contribution in [0.2, 0.25) is 0 Å². The standard InChI is InChI=1S/C15H15N3O2S/c19-15(20)14-11-8-16-7-6-12(11)17-13(18-14)9-21-10-4-2-1-3-5-10/h1-5,16H,6-9H2,(H,19,20). The summed E-state index contributed by atoms with van der Waals surface area (Å²) in [5.74, 6) is 0.176. The molecular formula is C15H15N3O2S. The molecule has 0 amide bonds. The summed E-state index contributed by atoms with van der Waals surface area (Å²) in [7, 11) is 0. The molecule has 2 aromatic rings. The van der Waals surface area contributed by atoms with Gasteiger partial charge in [0, 0.05) is 30.0 Å². The van der Waals surface area contributed by atoms with Crippen LogP contribution in [0, 0.1) is 0 Å². The molecular weight excluding hydrogens is 286 g/mol. The predicted molar refractivity (Wildman–Crippen MR) is 80.4 cm³/mol. The van der Waals surface area contributed by atoms with Gasteiger partial charge in [0.2, 0.25) is 0 Å². The summed E-state index contributed by atoms with van der Waals surface area (Å²) < 4.78 is 0. The third kappa shape index (κ3) is 3.22. The summed E-state index contributed by atoms with van der Waals surface area (Å²) >= 11 is 1.61. The molecule has 1 aliphatic rings. The van der Waals surface area contributed by atoms with E-state index in [9.17, 15) is 9.90 Å². The number of carboxylic acid groups (broad SMARTS) is 1. The fourth-order valence-electron chi connectivity index (χ4n) is 2.30. The summed E-state index contributed by atoms with van der Waals surface area (Å²) in [4.78, 5) is 21.3. The summed E-state index contributed by atoms with van der Waals surface area (Å²) in [5, 5.41) is 12.5. The molecule has 21 heavy (non-hydrogen) atoms. The number of hydrogen-bond donors (Lipinski definition) is 2. The molecule has 0 aliphatic carbocycles. The third-order valence-electron chi connectivity index (χ3n) is 3.29. The zero-order chi connectivity index (χ0) is 14.7. The van der Waals surface area contributed by atoms with Crippen molar-refractivity contribution in [1.29, 1.82) is 0 Å². The fraction of sp³-hybridized carbons (Fsp3) is 0.267. The highest BCUT2D eigenvalue weighted by atomic mass is 32.2. The molecule has 108 valence electrons. The number of thioether (sulfide) groups is 1. The van der Waals surface area contributed by atoms with Gasteiger partial charge in [-0.1, -0.05) is 18.2 Å². The molecule has 1 aromatic heterocycles. The van der Waals surface area contributed by atoms with Gasteiger partial charge >= 0.3 is 5.97 Å². The highest BCUT2D eigenvalue weighted by Gasteiger charge is 2.21. The summed E-state index contributed by atoms with van der Waals surface area (Å²) in [6.07, 6.45) is 0.751. The minimum atomic E-state index is -0.983. The predicted octanol–water partition coefficient (Wildman–Crippen LogP) is 2.11. The summed E-state index contributed by atoms with van der Waals surface area (Å²) in [6.45, 7) is 1.36. The number of aromatic nitrogens is 2. The number of benzene rings is 1. The van der Waals surface area contributed by atoms with E-state index in [2.05, 4.69) is 15.3 Å². The van der Waals surface area contributed by atoms with Crippen molar-refractivity contribution in [3.63, 3.8) is 0 Å². The second kappa shape index (κ2) is 6.24. The lowest BCUT2D eigenvalue weighted by Crippen LogP contribution is -2.28. The highest BCUT2D eigenvalue weighted by Crippen LogP contribution is 2.23. The Balaban J connectivity index is 1.85. The van der Waals surface area contributed by atoms with Crippen molar-refractivity contribution in [3.05, 3.63) is 53.1 Å². The molecule has 0 radical (unpaired) electrons. The average molecular weight is 301 g/mol. The number of carboxylic acids is 1. The highest BCUT2D eigenvalue weighted by molar-refractivity contribution is 7.98. The van der Waals surface area contributed by atoms with Crippen molar-refractivity contribution < 1.29 is 9.90 Å². The van der Waals surface area contributed by atoms with E-state index in [4.69, 9.17) is 0 Å². The molecule has 2 heterocycles. The minimum absolute atomic E-state index is 0.135. The number of carbonyl (C=O) groups is 1. The van der Waals surface area contributed by atoms with E-state index in [-0.39, 0.29) is 5.69 Å². The van der Waals surface area contributed by atoms with Gasteiger partial charge in [-0.3, -0.25) is 0 Å². The van der Waals surface area contributed by atoms with Gasteiger partial charge in [-0.25, -0.2) is 14.8 Å². The van der Waals surface area contributed by atoms with E-state index in [0.717, 1.165) is 29.1 Å². The van der Waals surface area contributed by atoms with Gasteiger partial charge in [0.1, 0.15) is 5.82 Å². The molecule has 3 rings (SSSR count). The largest absolute Gasteiger partial charge is 0.476 e. The molecule has 0 fully saturated rings. The van der Waals surface area contributed by atoms with E-state index in [0.29, 0.717) is 18.1 Å². The Morgan fingerprint density at radius 2 is 2.10 bits per heavy atom. The number of hydrogen-bond acceptors (Lipinski definition) is 5. The van der Waals surface area contributed by atoms with Crippen molar-refractivity contribution in [2.24, 2.45) is 0 Å². The molecule has 0 unspecified atom stereocenters. The molecule has 0 spiro atoms. The van der Waals surface area contributed by atoms with E-state index < -0.39 is 5.97 Å². The van der Waals surface area contributed by atoms with Crippen LogP contribution < -0.4 is 5.32 Å². The van der Waals surface area contributed by atoms with Gasteiger partial charge in [0.15, 0.2) is 5.69 Å². The molecule has 1 aliphatic heterocycles. The Labute approximate surface area is 126 Å². The smallest absolute Gasteiger partial charge is 0.354 e. The maximum absolute atomic E-state index is 11.4. The van der Waals surface area contributed by atoms with Crippen molar-refractivity contribution in [1.82, 2.24) is 15.3 Å². The topological polar surface area (TPSA) is 75.1 Å². The van der Waals surface area contributed by atoms with Gasteiger partial charge in [-0.2, -0.15) is 0 Å². The lowest BCUT2D eigenvalue weighted by molar-refractivity contribution is 0.0688. The number of aromatic carboxylic acids is 1. The molecule has 0 bridgehead atoms. The number of rotatable bonds is 4. The first-order chi connectivity index (χ1) is 10.2. The van der Waals surface area contributed by atoms with Crippen LogP contribution in [0.4, 0.5) is 0 Å². The zero-order valence-electron chi connectivity index (χ0n) is 11.4. The maximum Gasteiger partial charge on any atom is 0.354 e. The number of nitrogens with one attached hydrogen (secondary N) is 1. The van der Waals surface area contributed by atoms with Gasteiger partial charge < -0.3 is 10.4 Å². The Kier molecular flexibility index (Phi) is 4.17. The molecule has 1 aromatic carbocycles. The lowest BCUT2D eigenvalue weighted by atomic mass is 10.1. The zero-order valence-corrected chi connectivity index (χ0v) is 12.2. The molecule has 6 heteroatoms. The van der Waals surface area contributed by atoms with Crippen LogP contribution in [0.25, 0.3) is 0 Å². The fourth-order valence-corrected chi connectivity index (χ4v) is 3.07. The quantitative estimate of drug-likeness (QED) is 0.843. The van der Waals surface area contributed by atoms with Crippen molar-refractivity contribution >= 4 is 17.7 Å². The SMILES string of the molecule is O=C(O)c1nc(CSc2ccccc2)nc2c1CNCC2. The summed E-state index contributed by atoms with van der Waals surface area (Å²) in [6, 6.07) is 9.96. The Morgan fingerprint density at radius 1 is 1.29 bits per heavy atom. The summed E-state index contributed by atoms with van der Waals surface area (Å²) in [5.41, 5.74) is 1.72. The first-order valence-corrected chi connectivity index (χ1v) is 7.73. The maximum atomic E-state index is 11.4. The van der Waals surface area contributed by atoms with Crippen molar-refractivity contribution in [2.75, 3.05) is 6.54 Å². The van der Waals surface area contributed by atoms with E-state index >= 15 is 0 Å². The normalized spacial score (nSPS) is 13.7. The first-order valence-electron chi connectivity index (χ1n) is 6.74. The van der Waals surface area contributed by atoms with Gasteiger partial charge in [-0.15, -0.1) is 11.8 Å². The minimum Gasteiger partial charge on any atom is -0.476 e. The van der Waals surface area contributed by atoms with Crippen LogP contribution in [0.5, 0.6) is 0 Å². The number of fused-ring (bicyclic) bond motifs is 1. The van der Waals surface area contributed by atoms with Crippen LogP contribution in [0.15, 0.2) is 35.2 Å². The Hall–Kier alpha value is -1.92. The van der Waals surface area contributed by atoms with Crippen LogP contribution in [0.1, 0.15) is 27.6 Å².